The summed E-state index contributed by atoms with van der Waals surface area (Å²) < 4.78 is 5.37. The number of ether oxygens (including phenoxy) is 1. The molecule has 0 aromatic rings. The highest BCUT2D eigenvalue weighted by Gasteiger charge is 2.40. The third-order valence-electron chi connectivity index (χ3n) is 3.71. The maximum Gasteiger partial charge on any atom is 0.410 e. The zero-order valence-electron chi connectivity index (χ0n) is 11.6. The van der Waals surface area contributed by atoms with E-state index in [1.807, 2.05) is 32.6 Å². The third-order valence-corrected chi connectivity index (χ3v) is 3.71. The smallest absolute Gasteiger partial charge is 0.410 e. The first kappa shape index (κ1) is 13.2. The van der Waals surface area contributed by atoms with E-state index in [-0.39, 0.29) is 29.7 Å². The van der Waals surface area contributed by atoms with Gasteiger partial charge in [-0.1, -0.05) is 0 Å². The van der Waals surface area contributed by atoms with Crippen LogP contribution in [0.5, 0.6) is 0 Å². The minimum Gasteiger partial charge on any atom is -0.444 e. The van der Waals surface area contributed by atoms with Crippen LogP contribution in [-0.4, -0.2) is 52.6 Å². The van der Waals surface area contributed by atoms with Crippen LogP contribution < -0.4 is 0 Å². The summed E-state index contributed by atoms with van der Waals surface area (Å²) in [4.78, 5) is 26.7. The topological polar surface area (TPSA) is 49.9 Å². The Morgan fingerprint density at radius 1 is 1.39 bits per heavy atom. The van der Waals surface area contributed by atoms with E-state index in [1.54, 1.807) is 4.90 Å². The van der Waals surface area contributed by atoms with Crippen molar-refractivity contribution in [3.8, 4) is 0 Å². The molecule has 5 heteroatoms. The molecule has 0 aromatic heterocycles. The van der Waals surface area contributed by atoms with Gasteiger partial charge in [0.25, 0.3) is 0 Å². The van der Waals surface area contributed by atoms with E-state index < -0.39 is 0 Å². The van der Waals surface area contributed by atoms with Crippen LogP contribution in [0.1, 0.15) is 40.5 Å². The molecule has 5 nitrogen and oxygen atoms in total. The van der Waals surface area contributed by atoms with Crippen LogP contribution in [0.4, 0.5) is 4.79 Å². The molecule has 0 radical (unpaired) electrons. The van der Waals surface area contributed by atoms with Crippen LogP contribution in [0.2, 0.25) is 0 Å². The number of hydrogen-bond acceptors (Lipinski definition) is 3. The highest BCUT2D eigenvalue weighted by Crippen LogP contribution is 2.26. The predicted octanol–water partition coefficient (Wildman–Crippen LogP) is 1.62. The minimum atomic E-state index is -0.241. The van der Waals surface area contributed by atoms with Crippen molar-refractivity contribution in [3.63, 3.8) is 0 Å². The fourth-order valence-electron chi connectivity index (χ4n) is 2.50. The number of β-lactam (4-membered cyclic amide) rings is 1. The second-order valence-electron chi connectivity index (χ2n) is 6.21. The van der Waals surface area contributed by atoms with Crippen molar-refractivity contribution in [2.75, 3.05) is 13.1 Å². The minimum absolute atomic E-state index is 0.0971. The standard InChI is InChI=1S/C13H22N2O3/c1-9(14-6-5-11(14)16)7-10-8-15(12(17)18-10)13(2,3)4/h9-10H,5-8H2,1-4H3. The largest absolute Gasteiger partial charge is 0.444 e. The first-order valence-corrected chi connectivity index (χ1v) is 6.57. The van der Waals surface area contributed by atoms with E-state index in [2.05, 4.69) is 0 Å². The van der Waals surface area contributed by atoms with Gasteiger partial charge in [0, 0.05) is 31.0 Å². The average Bonchev–Trinajstić information content (AvgIpc) is 2.56. The molecule has 2 amide bonds. The third kappa shape index (κ3) is 2.44. The first-order chi connectivity index (χ1) is 8.29. The summed E-state index contributed by atoms with van der Waals surface area (Å²) in [5.74, 6) is 0.208. The monoisotopic (exact) mass is 254 g/mol. The zero-order valence-corrected chi connectivity index (χ0v) is 11.6. The quantitative estimate of drug-likeness (QED) is 0.719. The van der Waals surface area contributed by atoms with E-state index in [9.17, 15) is 9.59 Å². The Morgan fingerprint density at radius 2 is 2.06 bits per heavy atom. The number of hydrogen-bond donors (Lipinski definition) is 0. The van der Waals surface area contributed by atoms with Gasteiger partial charge in [0.15, 0.2) is 0 Å². The van der Waals surface area contributed by atoms with E-state index in [4.69, 9.17) is 4.74 Å². The molecule has 2 rings (SSSR count). The number of likely N-dealkylation sites (tertiary alicyclic amines) is 1. The molecule has 2 saturated heterocycles. The van der Waals surface area contributed by atoms with E-state index in [0.29, 0.717) is 13.0 Å². The fourth-order valence-corrected chi connectivity index (χ4v) is 2.50. The number of carbonyl (C=O) groups is 2. The highest BCUT2D eigenvalue weighted by atomic mass is 16.6. The van der Waals surface area contributed by atoms with Crippen LogP contribution in [0, 0.1) is 0 Å². The van der Waals surface area contributed by atoms with Crippen molar-refractivity contribution in [1.29, 1.82) is 0 Å². The number of carbonyl (C=O) groups excluding carboxylic acids is 2. The molecule has 0 N–H and O–H groups in total. The molecule has 18 heavy (non-hydrogen) atoms. The van der Waals surface area contributed by atoms with Gasteiger partial charge in [-0.3, -0.25) is 9.69 Å². The summed E-state index contributed by atoms with van der Waals surface area (Å²) in [5, 5.41) is 0. The van der Waals surface area contributed by atoms with Crippen LogP contribution in [-0.2, 0) is 9.53 Å². The zero-order chi connectivity index (χ0) is 13.5. The van der Waals surface area contributed by atoms with E-state index in [1.165, 1.54) is 0 Å². The maximum atomic E-state index is 11.8. The molecule has 2 aliphatic heterocycles. The molecular formula is C13H22N2O3. The van der Waals surface area contributed by atoms with Gasteiger partial charge in [-0.2, -0.15) is 0 Å². The lowest BCUT2D eigenvalue weighted by atomic mass is 10.0. The normalized spacial score (nSPS) is 26.1. The SMILES string of the molecule is CC(CC1CN(C(C)(C)C)C(=O)O1)N1CCC1=O. The summed E-state index contributed by atoms with van der Waals surface area (Å²) in [6.45, 7) is 9.47. The molecule has 0 bridgehead atoms. The summed E-state index contributed by atoms with van der Waals surface area (Å²) in [6, 6.07) is 0.156. The predicted molar refractivity (Wildman–Crippen MR) is 67.1 cm³/mol. The molecule has 2 fully saturated rings. The number of rotatable bonds is 3. The van der Waals surface area contributed by atoms with Gasteiger partial charge in [0.2, 0.25) is 5.91 Å². The van der Waals surface area contributed by atoms with Gasteiger partial charge in [-0.05, 0) is 27.7 Å². The molecule has 102 valence electrons. The molecule has 0 aromatic carbocycles. The maximum absolute atomic E-state index is 11.8. The van der Waals surface area contributed by atoms with E-state index in [0.717, 1.165) is 13.0 Å². The lowest BCUT2D eigenvalue weighted by Gasteiger charge is -2.37. The summed E-state index contributed by atoms with van der Waals surface area (Å²) in [6.07, 6.45) is 1.04. The Balaban J connectivity index is 1.89. The van der Waals surface area contributed by atoms with Crippen molar-refractivity contribution in [2.24, 2.45) is 0 Å². The Morgan fingerprint density at radius 3 is 2.44 bits per heavy atom. The summed E-state index contributed by atoms with van der Waals surface area (Å²) in [5.41, 5.74) is -0.207. The summed E-state index contributed by atoms with van der Waals surface area (Å²) in [7, 11) is 0. The van der Waals surface area contributed by atoms with Crippen LogP contribution in [0.15, 0.2) is 0 Å². The van der Waals surface area contributed by atoms with E-state index >= 15 is 0 Å². The lowest BCUT2D eigenvalue weighted by molar-refractivity contribution is -0.143. The van der Waals surface area contributed by atoms with Gasteiger partial charge in [-0.25, -0.2) is 4.79 Å². The van der Waals surface area contributed by atoms with Crippen molar-refractivity contribution >= 4 is 12.0 Å². The van der Waals surface area contributed by atoms with Crippen molar-refractivity contribution < 1.29 is 14.3 Å². The molecule has 0 saturated carbocycles. The molecular weight excluding hydrogens is 232 g/mol. The molecule has 2 atom stereocenters. The second kappa shape index (κ2) is 4.44. The van der Waals surface area contributed by atoms with Gasteiger partial charge in [0.1, 0.15) is 6.10 Å². The molecule has 2 unspecified atom stereocenters. The van der Waals surface area contributed by atoms with Gasteiger partial charge < -0.3 is 9.64 Å². The number of nitrogens with zero attached hydrogens (tertiary/aromatic N) is 2. The second-order valence-corrected chi connectivity index (χ2v) is 6.21. The van der Waals surface area contributed by atoms with Crippen molar-refractivity contribution in [3.05, 3.63) is 0 Å². The molecule has 0 spiro atoms. The number of cyclic esters (lactones) is 1. The first-order valence-electron chi connectivity index (χ1n) is 6.57. The van der Waals surface area contributed by atoms with Crippen LogP contribution >= 0.6 is 0 Å². The van der Waals surface area contributed by atoms with Gasteiger partial charge in [-0.15, -0.1) is 0 Å². The highest BCUT2D eigenvalue weighted by molar-refractivity contribution is 5.82. The average molecular weight is 254 g/mol. The van der Waals surface area contributed by atoms with Crippen molar-refractivity contribution in [2.45, 2.75) is 58.2 Å². The Kier molecular flexibility index (Phi) is 3.25. The molecule has 2 heterocycles. The Hall–Kier alpha value is -1.26. The van der Waals surface area contributed by atoms with Gasteiger partial charge >= 0.3 is 6.09 Å². The Labute approximate surface area is 108 Å². The lowest BCUT2D eigenvalue weighted by Crippen LogP contribution is -2.50. The molecule has 0 aliphatic carbocycles. The summed E-state index contributed by atoms with van der Waals surface area (Å²) >= 11 is 0. The Bertz CT molecular complexity index is 362. The fraction of sp³-hybridized carbons (Fsp3) is 0.846. The van der Waals surface area contributed by atoms with Gasteiger partial charge in [0.05, 0.1) is 6.54 Å². The van der Waals surface area contributed by atoms with Crippen LogP contribution in [0.3, 0.4) is 0 Å². The van der Waals surface area contributed by atoms with Crippen LogP contribution in [0.25, 0.3) is 0 Å². The molecule has 2 aliphatic rings. The number of amides is 2. The van der Waals surface area contributed by atoms with Crippen molar-refractivity contribution in [1.82, 2.24) is 9.80 Å².